The number of thiazole rings is 1. The number of aryl methyl sites for hydroxylation is 2. The second kappa shape index (κ2) is 7.45. The summed E-state index contributed by atoms with van der Waals surface area (Å²) >= 11 is 1.49. The topological polar surface area (TPSA) is 61.4 Å². The van der Waals surface area contributed by atoms with Crippen LogP contribution in [0, 0.1) is 6.92 Å². The first-order chi connectivity index (χ1) is 12.4. The summed E-state index contributed by atoms with van der Waals surface area (Å²) in [7, 11) is 0. The molecule has 0 radical (unpaired) electrons. The SMILES string of the molecule is CCOc1ccc2c(c1)sc(=NC(=O)c1cc(C)n(C(C)C)n1)n2CC. The molecule has 2 aromatic heterocycles. The number of ether oxygens (including phenoxy) is 1. The minimum absolute atomic E-state index is 0.207. The smallest absolute Gasteiger partial charge is 0.300 e. The molecule has 3 rings (SSSR count). The molecule has 1 aromatic carbocycles. The Bertz CT molecular complexity index is 1010. The fraction of sp³-hybridized carbons (Fsp3) is 0.421. The zero-order valence-electron chi connectivity index (χ0n) is 15.8. The highest BCUT2D eigenvalue weighted by molar-refractivity contribution is 7.16. The molecule has 0 aliphatic rings. The van der Waals surface area contributed by atoms with Crippen LogP contribution in [0.15, 0.2) is 29.3 Å². The molecule has 1 amide bonds. The van der Waals surface area contributed by atoms with E-state index >= 15 is 0 Å². The molecule has 0 saturated carbocycles. The molecule has 138 valence electrons. The molecule has 7 heteroatoms. The molecule has 0 fully saturated rings. The number of carbonyl (C=O) groups is 1. The van der Waals surface area contributed by atoms with Crippen LogP contribution in [-0.2, 0) is 6.54 Å². The number of carbonyl (C=O) groups excluding carboxylic acids is 1. The lowest BCUT2D eigenvalue weighted by atomic mass is 10.3. The van der Waals surface area contributed by atoms with Crippen molar-refractivity contribution in [2.45, 2.75) is 47.2 Å². The first-order valence-corrected chi connectivity index (χ1v) is 9.67. The summed E-state index contributed by atoms with van der Waals surface area (Å²) in [5.74, 6) is 0.514. The van der Waals surface area contributed by atoms with Gasteiger partial charge < -0.3 is 9.30 Å². The van der Waals surface area contributed by atoms with Gasteiger partial charge in [0.2, 0.25) is 0 Å². The Hall–Kier alpha value is -2.41. The number of rotatable bonds is 5. The number of hydrogen-bond acceptors (Lipinski definition) is 4. The minimum Gasteiger partial charge on any atom is -0.494 e. The van der Waals surface area contributed by atoms with Gasteiger partial charge in [0.15, 0.2) is 10.5 Å². The van der Waals surface area contributed by atoms with Crippen molar-refractivity contribution in [3.05, 3.63) is 40.5 Å². The van der Waals surface area contributed by atoms with Crippen molar-refractivity contribution in [1.82, 2.24) is 14.3 Å². The van der Waals surface area contributed by atoms with Crippen LogP contribution in [0.2, 0.25) is 0 Å². The van der Waals surface area contributed by atoms with Gasteiger partial charge in [-0.05, 0) is 58.9 Å². The standard InChI is InChI=1S/C19H24N4O2S/c1-6-22-16-9-8-14(25-7-2)11-17(16)26-19(22)20-18(24)15-10-13(5)23(21-15)12(3)4/h8-12H,6-7H2,1-5H3. The number of hydrogen-bond donors (Lipinski definition) is 0. The van der Waals surface area contributed by atoms with Gasteiger partial charge in [-0.1, -0.05) is 11.3 Å². The second-order valence-electron chi connectivity index (χ2n) is 6.32. The van der Waals surface area contributed by atoms with Crippen molar-refractivity contribution in [3.63, 3.8) is 0 Å². The molecule has 0 saturated heterocycles. The van der Waals surface area contributed by atoms with Gasteiger partial charge in [-0.2, -0.15) is 10.1 Å². The normalized spacial score (nSPS) is 12.3. The Balaban J connectivity index is 2.05. The molecule has 0 aliphatic carbocycles. The van der Waals surface area contributed by atoms with E-state index in [1.807, 2.05) is 62.1 Å². The van der Waals surface area contributed by atoms with Gasteiger partial charge in [0.25, 0.3) is 5.91 Å². The van der Waals surface area contributed by atoms with Gasteiger partial charge in [0.1, 0.15) is 5.75 Å². The molecule has 0 unspecified atom stereocenters. The zero-order valence-corrected chi connectivity index (χ0v) is 16.6. The highest BCUT2D eigenvalue weighted by atomic mass is 32.1. The van der Waals surface area contributed by atoms with Crippen LogP contribution in [0.4, 0.5) is 0 Å². The van der Waals surface area contributed by atoms with Crippen LogP contribution >= 0.6 is 11.3 Å². The van der Waals surface area contributed by atoms with Crippen LogP contribution in [0.25, 0.3) is 10.2 Å². The minimum atomic E-state index is -0.314. The molecule has 26 heavy (non-hydrogen) atoms. The number of amides is 1. The molecule has 0 spiro atoms. The van der Waals surface area contributed by atoms with Gasteiger partial charge in [-0.25, -0.2) is 0 Å². The number of aromatic nitrogens is 3. The molecular weight excluding hydrogens is 348 g/mol. The Morgan fingerprint density at radius 3 is 2.69 bits per heavy atom. The van der Waals surface area contributed by atoms with E-state index in [4.69, 9.17) is 4.74 Å². The summed E-state index contributed by atoms with van der Waals surface area (Å²) in [5.41, 5.74) is 2.39. The van der Waals surface area contributed by atoms with E-state index < -0.39 is 0 Å². The molecule has 0 aliphatic heterocycles. The van der Waals surface area contributed by atoms with Crippen LogP contribution < -0.4 is 9.54 Å². The summed E-state index contributed by atoms with van der Waals surface area (Å²) in [6, 6.07) is 7.96. The third-order valence-corrected chi connectivity index (χ3v) is 5.15. The van der Waals surface area contributed by atoms with Crippen LogP contribution in [0.3, 0.4) is 0 Å². The summed E-state index contributed by atoms with van der Waals surface area (Å²) in [6.07, 6.45) is 0. The Labute approximate surface area is 156 Å². The summed E-state index contributed by atoms with van der Waals surface area (Å²) in [6.45, 7) is 11.4. The lowest BCUT2D eigenvalue weighted by Gasteiger charge is -2.06. The summed E-state index contributed by atoms with van der Waals surface area (Å²) in [5, 5.41) is 4.40. The number of benzene rings is 1. The lowest BCUT2D eigenvalue weighted by Crippen LogP contribution is -2.16. The molecule has 6 nitrogen and oxygen atoms in total. The lowest BCUT2D eigenvalue weighted by molar-refractivity contribution is 0.0992. The van der Waals surface area contributed by atoms with E-state index in [1.165, 1.54) is 11.3 Å². The van der Waals surface area contributed by atoms with Crippen LogP contribution in [0.1, 0.15) is 49.9 Å². The van der Waals surface area contributed by atoms with Gasteiger partial charge in [-0.3, -0.25) is 9.48 Å². The monoisotopic (exact) mass is 372 g/mol. The quantitative estimate of drug-likeness (QED) is 0.681. The van der Waals surface area contributed by atoms with Gasteiger partial charge >= 0.3 is 0 Å². The van der Waals surface area contributed by atoms with Gasteiger partial charge in [-0.15, -0.1) is 0 Å². The Kier molecular flexibility index (Phi) is 5.27. The maximum atomic E-state index is 12.6. The van der Waals surface area contributed by atoms with Crippen molar-refractivity contribution in [3.8, 4) is 5.75 Å². The molecule has 0 atom stereocenters. The first kappa shape index (κ1) is 18.4. The molecule has 2 heterocycles. The number of fused-ring (bicyclic) bond motifs is 1. The predicted molar refractivity (Wildman–Crippen MR) is 104 cm³/mol. The van der Waals surface area contributed by atoms with Crippen molar-refractivity contribution < 1.29 is 9.53 Å². The summed E-state index contributed by atoms with van der Waals surface area (Å²) in [4.78, 5) is 17.7. The molecular formula is C19H24N4O2S. The fourth-order valence-electron chi connectivity index (χ4n) is 2.96. The maximum Gasteiger partial charge on any atom is 0.300 e. The fourth-order valence-corrected chi connectivity index (χ4v) is 4.08. The molecule has 0 N–H and O–H groups in total. The highest BCUT2D eigenvalue weighted by Crippen LogP contribution is 2.23. The van der Waals surface area contributed by atoms with E-state index in [1.54, 1.807) is 6.07 Å². The van der Waals surface area contributed by atoms with Crippen molar-refractivity contribution in [1.29, 1.82) is 0 Å². The van der Waals surface area contributed by atoms with Gasteiger partial charge in [0.05, 0.1) is 16.8 Å². The van der Waals surface area contributed by atoms with E-state index in [9.17, 15) is 4.79 Å². The van der Waals surface area contributed by atoms with Crippen molar-refractivity contribution in [2.75, 3.05) is 6.61 Å². The Morgan fingerprint density at radius 1 is 1.31 bits per heavy atom. The van der Waals surface area contributed by atoms with E-state index in [0.29, 0.717) is 17.1 Å². The average molecular weight is 372 g/mol. The van der Waals surface area contributed by atoms with Crippen molar-refractivity contribution >= 4 is 27.5 Å². The average Bonchev–Trinajstić information content (AvgIpc) is 3.14. The molecule has 3 aromatic rings. The maximum absolute atomic E-state index is 12.6. The zero-order chi connectivity index (χ0) is 18.8. The third kappa shape index (κ3) is 3.44. The van der Waals surface area contributed by atoms with Crippen LogP contribution in [-0.4, -0.2) is 26.9 Å². The third-order valence-electron chi connectivity index (χ3n) is 4.11. The van der Waals surface area contributed by atoms with Gasteiger partial charge in [0, 0.05) is 18.3 Å². The van der Waals surface area contributed by atoms with Crippen molar-refractivity contribution in [2.24, 2.45) is 4.99 Å². The number of nitrogens with zero attached hydrogens (tertiary/aromatic N) is 4. The highest BCUT2D eigenvalue weighted by Gasteiger charge is 2.14. The first-order valence-electron chi connectivity index (χ1n) is 8.86. The largest absolute Gasteiger partial charge is 0.494 e. The van der Waals surface area contributed by atoms with Crippen LogP contribution in [0.5, 0.6) is 5.75 Å². The Morgan fingerprint density at radius 2 is 2.08 bits per heavy atom. The van der Waals surface area contributed by atoms with E-state index in [-0.39, 0.29) is 11.9 Å². The second-order valence-corrected chi connectivity index (χ2v) is 7.33. The molecule has 0 bridgehead atoms. The predicted octanol–water partition coefficient (Wildman–Crippen LogP) is 3.95. The van der Waals surface area contributed by atoms with E-state index in [2.05, 4.69) is 10.1 Å². The van der Waals surface area contributed by atoms with E-state index in [0.717, 1.165) is 28.2 Å². The summed E-state index contributed by atoms with van der Waals surface area (Å²) < 4.78 is 10.5.